The molecule has 1 heterocycles. The highest BCUT2D eigenvalue weighted by Crippen LogP contribution is 2.24. The number of aromatic nitrogens is 1. The first-order valence-electron chi connectivity index (χ1n) is 3.41. The summed E-state index contributed by atoms with van der Waals surface area (Å²) >= 11 is 3.10. The molecule has 0 unspecified atom stereocenters. The quantitative estimate of drug-likeness (QED) is 0.753. The Morgan fingerprint density at radius 3 is 2.69 bits per heavy atom. The van der Waals surface area contributed by atoms with E-state index in [0.717, 1.165) is 6.20 Å². The molecule has 0 aliphatic rings. The molecule has 0 spiro atoms. The monoisotopic (exact) mass is 246 g/mol. The second-order valence-corrected chi connectivity index (χ2v) is 2.87. The highest BCUT2D eigenvalue weighted by Gasteiger charge is 2.15. The minimum atomic E-state index is -2.65. The summed E-state index contributed by atoms with van der Waals surface area (Å²) in [6.45, 7) is 0. The van der Waals surface area contributed by atoms with Gasteiger partial charge in [-0.05, 0) is 5.56 Å². The molecule has 0 aliphatic carbocycles. The van der Waals surface area contributed by atoms with Crippen LogP contribution >= 0.6 is 15.9 Å². The molecule has 68 valence electrons. The van der Waals surface area contributed by atoms with Gasteiger partial charge in [-0.15, -0.1) is 0 Å². The molecule has 2 nitrogen and oxygen atoms in total. The number of pyridine rings is 1. The molecule has 0 N–H and O–H groups in total. The first-order valence-corrected chi connectivity index (χ1v) is 4.53. The molecule has 0 bridgehead atoms. The van der Waals surface area contributed by atoms with Crippen molar-refractivity contribution in [2.45, 2.75) is 11.8 Å². The molecule has 1 aromatic heterocycles. The van der Waals surface area contributed by atoms with Gasteiger partial charge in [0.1, 0.15) is 6.07 Å². The van der Waals surface area contributed by atoms with Crippen LogP contribution in [-0.4, -0.2) is 4.98 Å². The number of alkyl halides is 3. The van der Waals surface area contributed by atoms with Crippen molar-refractivity contribution in [3.63, 3.8) is 0 Å². The summed E-state index contributed by atoms with van der Waals surface area (Å²) in [5.74, 6) is 0. The van der Waals surface area contributed by atoms with Gasteiger partial charge in [0.05, 0.1) is 11.1 Å². The fourth-order valence-electron chi connectivity index (χ4n) is 0.925. The lowest BCUT2D eigenvalue weighted by molar-refractivity contribution is 0.150. The van der Waals surface area contributed by atoms with Crippen LogP contribution in [0.3, 0.4) is 0 Å². The van der Waals surface area contributed by atoms with E-state index in [1.807, 2.05) is 0 Å². The molecular weight excluding hydrogens is 242 g/mol. The zero-order valence-electron chi connectivity index (χ0n) is 6.47. The molecule has 0 fully saturated rings. The van der Waals surface area contributed by atoms with Gasteiger partial charge in [0.2, 0.25) is 0 Å². The molecule has 0 amide bonds. The fourth-order valence-corrected chi connectivity index (χ4v) is 1.35. The van der Waals surface area contributed by atoms with Crippen LogP contribution in [-0.2, 0) is 5.33 Å². The Labute approximate surface area is 82.3 Å². The van der Waals surface area contributed by atoms with E-state index in [1.54, 1.807) is 6.07 Å². The van der Waals surface area contributed by atoms with E-state index in [4.69, 9.17) is 5.26 Å². The summed E-state index contributed by atoms with van der Waals surface area (Å²) in [7, 11) is 0. The molecule has 0 radical (unpaired) electrons. The Hall–Kier alpha value is -1.02. The van der Waals surface area contributed by atoms with Crippen molar-refractivity contribution in [2.24, 2.45) is 0 Å². The van der Waals surface area contributed by atoms with Crippen LogP contribution in [0, 0.1) is 11.3 Å². The minimum Gasteiger partial charge on any atom is -0.264 e. The van der Waals surface area contributed by atoms with E-state index in [1.165, 1.54) is 6.20 Å². The van der Waals surface area contributed by atoms with Crippen molar-refractivity contribution in [3.8, 4) is 6.07 Å². The van der Waals surface area contributed by atoms with Crippen molar-refractivity contribution in [3.05, 3.63) is 29.1 Å². The van der Waals surface area contributed by atoms with E-state index in [9.17, 15) is 8.78 Å². The highest BCUT2D eigenvalue weighted by molar-refractivity contribution is 9.08. The van der Waals surface area contributed by atoms with Crippen LogP contribution in [0.5, 0.6) is 0 Å². The van der Waals surface area contributed by atoms with E-state index in [2.05, 4.69) is 20.9 Å². The molecule has 0 aliphatic heterocycles. The maximum atomic E-state index is 12.3. The first kappa shape index (κ1) is 10.1. The number of hydrogen-bond acceptors (Lipinski definition) is 2. The molecule has 1 rings (SSSR count). The van der Waals surface area contributed by atoms with Gasteiger partial charge in [-0.1, -0.05) is 15.9 Å². The maximum Gasteiger partial charge on any atom is 0.266 e. The summed E-state index contributed by atoms with van der Waals surface area (Å²) in [4.78, 5) is 3.62. The van der Waals surface area contributed by atoms with Crippen LogP contribution in [0.2, 0.25) is 0 Å². The standard InChI is InChI=1S/C8H5BrF2N2/c9-1-5-3-13-4-7(8(10)11)6(5)2-12/h3-4,8H,1H2. The summed E-state index contributed by atoms with van der Waals surface area (Å²) < 4.78 is 24.6. The Bertz CT molecular complexity index is 346. The maximum absolute atomic E-state index is 12.3. The second-order valence-electron chi connectivity index (χ2n) is 2.31. The van der Waals surface area contributed by atoms with Crippen LogP contribution in [0.4, 0.5) is 8.78 Å². The van der Waals surface area contributed by atoms with Gasteiger partial charge >= 0.3 is 0 Å². The molecule has 0 saturated heterocycles. The van der Waals surface area contributed by atoms with E-state index >= 15 is 0 Å². The van der Waals surface area contributed by atoms with Crippen LogP contribution in [0.25, 0.3) is 0 Å². The molecule has 0 aromatic carbocycles. The largest absolute Gasteiger partial charge is 0.266 e. The van der Waals surface area contributed by atoms with E-state index in [0.29, 0.717) is 10.9 Å². The van der Waals surface area contributed by atoms with Gasteiger partial charge in [0.15, 0.2) is 0 Å². The molecule has 0 saturated carbocycles. The Morgan fingerprint density at radius 1 is 1.54 bits per heavy atom. The molecule has 13 heavy (non-hydrogen) atoms. The third kappa shape index (κ3) is 2.01. The second kappa shape index (κ2) is 4.28. The average Bonchev–Trinajstić information content (AvgIpc) is 2.16. The van der Waals surface area contributed by atoms with Gasteiger partial charge in [-0.2, -0.15) is 5.26 Å². The zero-order chi connectivity index (χ0) is 9.84. The Morgan fingerprint density at radius 2 is 2.23 bits per heavy atom. The predicted octanol–water partition coefficient (Wildman–Crippen LogP) is 2.79. The number of rotatable bonds is 2. The van der Waals surface area contributed by atoms with E-state index in [-0.39, 0.29) is 11.1 Å². The number of nitriles is 1. The summed E-state index contributed by atoms with van der Waals surface area (Å²) in [6.07, 6.45) is -0.227. The van der Waals surface area contributed by atoms with Gasteiger partial charge in [-0.3, -0.25) is 4.98 Å². The van der Waals surface area contributed by atoms with Crippen LogP contribution in [0.1, 0.15) is 23.1 Å². The molecule has 1 aromatic rings. The Balaban J connectivity index is 3.29. The van der Waals surface area contributed by atoms with Crippen LogP contribution < -0.4 is 0 Å². The highest BCUT2D eigenvalue weighted by atomic mass is 79.9. The molecule has 5 heteroatoms. The predicted molar refractivity (Wildman–Crippen MR) is 46.5 cm³/mol. The lowest BCUT2D eigenvalue weighted by atomic mass is 10.1. The van der Waals surface area contributed by atoms with E-state index < -0.39 is 6.43 Å². The van der Waals surface area contributed by atoms with Crippen molar-refractivity contribution < 1.29 is 8.78 Å². The van der Waals surface area contributed by atoms with Crippen molar-refractivity contribution in [1.29, 1.82) is 5.26 Å². The molecular formula is C8H5BrF2N2. The van der Waals surface area contributed by atoms with Gasteiger partial charge in [0, 0.05) is 17.7 Å². The summed E-state index contributed by atoms with van der Waals surface area (Å²) in [6, 6.07) is 1.75. The third-order valence-electron chi connectivity index (χ3n) is 1.54. The van der Waals surface area contributed by atoms with Crippen molar-refractivity contribution in [2.75, 3.05) is 0 Å². The van der Waals surface area contributed by atoms with Crippen molar-refractivity contribution >= 4 is 15.9 Å². The lowest BCUT2D eigenvalue weighted by Crippen LogP contribution is -1.96. The van der Waals surface area contributed by atoms with Crippen molar-refractivity contribution in [1.82, 2.24) is 4.98 Å². The number of halogens is 3. The fraction of sp³-hybridized carbons (Fsp3) is 0.250. The normalized spacial score (nSPS) is 10.1. The zero-order valence-corrected chi connectivity index (χ0v) is 8.05. The Kier molecular flexibility index (Phi) is 3.32. The van der Waals surface area contributed by atoms with Gasteiger partial charge in [-0.25, -0.2) is 8.78 Å². The van der Waals surface area contributed by atoms with Gasteiger partial charge in [0.25, 0.3) is 6.43 Å². The SMILES string of the molecule is N#Cc1c(CBr)cncc1C(F)F. The number of hydrogen-bond donors (Lipinski definition) is 0. The molecule has 0 atom stereocenters. The summed E-state index contributed by atoms with van der Waals surface area (Å²) in [5.41, 5.74) is 0.196. The summed E-state index contributed by atoms with van der Waals surface area (Å²) in [5, 5.41) is 9.00. The number of nitrogens with zero attached hydrogens (tertiary/aromatic N) is 2. The average molecular weight is 247 g/mol. The third-order valence-corrected chi connectivity index (χ3v) is 2.15. The smallest absolute Gasteiger partial charge is 0.264 e. The topological polar surface area (TPSA) is 36.7 Å². The van der Waals surface area contributed by atoms with Gasteiger partial charge < -0.3 is 0 Å². The van der Waals surface area contributed by atoms with Crippen LogP contribution in [0.15, 0.2) is 12.4 Å². The minimum absolute atomic E-state index is 0.0156. The lowest BCUT2D eigenvalue weighted by Gasteiger charge is -2.04. The first-order chi connectivity index (χ1) is 6.20.